The molecule has 0 saturated carbocycles. The van der Waals surface area contributed by atoms with Crippen LogP contribution < -0.4 is 5.32 Å². The third-order valence-corrected chi connectivity index (χ3v) is 2.85. The van der Waals surface area contributed by atoms with E-state index in [4.69, 9.17) is 4.42 Å². The third kappa shape index (κ3) is 4.53. The van der Waals surface area contributed by atoms with Gasteiger partial charge in [-0.05, 0) is 38.3 Å². The zero-order valence-corrected chi connectivity index (χ0v) is 11.6. The van der Waals surface area contributed by atoms with Gasteiger partial charge in [0.05, 0.1) is 6.54 Å². The summed E-state index contributed by atoms with van der Waals surface area (Å²) in [6, 6.07) is 3.53. The topological polar surface area (TPSA) is 62.5 Å². The first-order valence-corrected chi connectivity index (χ1v) is 6.37. The Morgan fingerprint density at radius 3 is 2.67 bits per heavy atom. The van der Waals surface area contributed by atoms with E-state index in [1.54, 1.807) is 19.1 Å². The minimum Gasteiger partial charge on any atom is -0.463 e. The van der Waals surface area contributed by atoms with Gasteiger partial charge in [0, 0.05) is 6.42 Å². The molecule has 102 valence electrons. The summed E-state index contributed by atoms with van der Waals surface area (Å²) in [6.07, 6.45) is 1.35. The number of nitrogens with one attached hydrogen (secondary N) is 1. The van der Waals surface area contributed by atoms with Gasteiger partial charge in [0.15, 0.2) is 0 Å². The number of aryl methyl sites for hydroxylation is 1. The fourth-order valence-corrected chi connectivity index (χ4v) is 1.59. The maximum absolute atomic E-state index is 11.6. The first-order chi connectivity index (χ1) is 8.31. The maximum Gasteiger partial charge on any atom is 0.220 e. The molecule has 1 aromatic heterocycles. The van der Waals surface area contributed by atoms with Gasteiger partial charge < -0.3 is 14.8 Å². The molecular formula is C14H23NO3. The van der Waals surface area contributed by atoms with E-state index in [1.165, 1.54) is 0 Å². The fraction of sp³-hybridized carbons (Fsp3) is 0.643. The van der Waals surface area contributed by atoms with Gasteiger partial charge in [-0.3, -0.25) is 4.79 Å². The molecule has 0 fully saturated rings. The highest BCUT2D eigenvalue weighted by Gasteiger charge is 2.27. The summed E-state index contributed by atoms with van der Waals surface area (Å²) >= 11 is 0. The zero-order valence-electron chi connectivity index (χ0n) is 11.6. The highest BCUT2D eigenvalue weighted by atomic mass is 16.4. The number of hydrogen-bond acceptors (Lipinski definition) is 3. The van der Waals surface area contributed by atoms with Gasteiger partial charge in [-0.15, -0.1) is 0 Å². The van der Waals surface area contributed by atoms with Crippen molar-refractivity contribution in [2.24, 2.45) is 5.92 Å². The van der Waals surface area contributed by atoms with Crippen molar-refractivity contribution in [3.63, 3.8) is 0 Å². The van der Waals surface area contributed by atoms with Crippen LogP contribution in [-0.4, -0.2) is 17.6 Å². The summed E-state index contributed by atoms with van der Waals surface area (Å²) in [5, 5.41) is 13.0. The van der Waals surface area contributed by atoms with Crippen LogP contribution in [-0.2, 0) is 10.4 Å². The predicted octanol–water partition coefficient (Wildman–Crippen LogP) is 2.35. The Labute approximate surface area is 108 Å². The molecule has 1 unspecified atom stereocenters. The number of carbonyl (C=O) groups is 1. The van der Waals surface area contributed by atoms with Crippen molar-refractivity contribution >= 4 is 5.91 Å². The lowest BCUT2D eigenvalue weighted by Gasteiger charge is -2.21. The second-order valence-corrected chi connectivity index (χ2v) is 5.39. The second-order valence-electron chi connectivity index (χ2n) is 5.39. The van der Waals surface area contributed by atoms with Crippen LogP contribution >= 0.6 is 0 Å². The van der Waals surface area contributed by atoms with E-state index in [0.29, 0.717) is 18.1 Å². The maximum atomic E-state index is 11.6. The monoisotopic (exact) mass is 253 g/mol. The molecule has 0 aliphatic heterocycles. The summed E-state index contributed by atoms with van der Waals surface area (Å²) in [5.41, 5.74) is -1.16. The summed E-state index contributed by atoms with van der Waals surface area (Å²) in [6.45, 7) is 7.77. The molecule has 4 heteroatoms. The number of rotatable bonds is 6. The van der Waals surface area contributed by atoms with Crippen molar-refractivity contribution in [3.05, 3.63) is 23.7 Å². The number of carbonyl (C=O) groups excluding carboxylic acids is 1. The van der Waals surface area contributed by atoms with Crippen LogP contribution in [0.15, 0.2) is 16.5 Å². The number of hydrogen-bond donors (Lipinski definition) is 2. The smallest absolute Gasteiger partial charge is 0.220 e. The fourth-order valence-electron chi connectivity index (χ4n) is 1.59. The van der Waals surface area contributed by atoms with Crippen LogP contribution in [0, 0.1) is 12.8 Å². The molecule has 0 saturated heterocycles. The van der Waals surface area contributed by atoms with Crippen molar-refractivity contribution < 1.29 is 14.3 Å². The first kappa shape index (κ1) is 14.8. The lowest BCUT2D eigenvalue weighted by Crippen LogP contribution is -2.38. The Hall–Kier alpha value is -1.29. The van der Waals surface area contributed by atoms with Crippen LogP contribution in [0.3, 0.4) is 0 Å². The molecule has 0 spiro atoms. The normalized spacial score (nSPS) is 14.6. The Morgan fingerprint density at radius 2 is 2.17 bits per heavy atom. The van der Waals surface area contributed by atoms with Crippen molar-refractivity contribution in [1.82, 2.24) is 5.32 Å². The molecule has 0 bridgehead atoms. The third-order valence-electron chi connectivity index (χ3n) is 2.85. The van der Waals surface area contributed by atoms with Crippen LogP contribution in [0.25, 0.3) is 0 Å². The molecule has 1 rings (SSSR count). The Bertz CT molecular complexity index is 393. The first-order valence-electron chi connectivity index (χ1n) is 6.37. The average molecular weight is 253 g/mol. The standard InChI is InChI=1S/C14H23NO3/c1-10(2)5-8-13(16)15-9-14(4,17)12-7-6-11(3)18-12/h6-7,10,17H,5,8-9H2,1-4H3,(H,15,16). The van der Waals surface area contributed by atoms with Gasteiger partial charge in [0.25, 0.3) is 0 Å². The molecule has 1 heterocycles. The molecule has 1 aromatic rings. The largest absolute Gasteiger partial charge is 0.463 e. The molecule has 1 atom stereocenters. The van der Waals surface area contributed by atoms with E-state index in [1.807, 2.05) is 6.92 Å². The van der Waals surface area contributed by atoms with Gasteiger partial charge in [-0.1, -0.05) is 13.8 Å². The zero-order chi connectivity index (χ0) is 13.8. The molecule has 2 N–H and O–H groups in total. The Kier molecular flexibility index (Phi) is 4.96. The molecule has 0 aromatic carbocycles. The van der Waals surface area contributed by atoms with E-state index < -0.39 is 5.60 Å². The average Bonchev–Trinajstić information content (AvgIpc) is 2.71. The molecule has 0 aliphatic rings. The van der Waals surface area contributed by atoms with Crippen molar-refractivity contribution in [2.75, 3.05) is 6.54 Å². The molecular weight excluding hydrogens is 230 g/mol. The van der Waals surface area contributed by atoms with E-state index in [9.17, 15) is 9.90 Å². The van der Waals surface area contributed by atoms with Crippen molar-refractivity contribution in [1.29, 1.82) is 0 Å². The predicted molar refractivity (Wildman–Crippen MR) is 70.1 cm³/mol. The summed E-state index contributed by atoms with van der Waals surface area (Å²) in [7, 11) is 0. The van der Waals surface area contributed by atoms with Crippen LogP contribution in [0.5, 0.6) is 0 Å². The Balaban J connectivity index is 2.44. The van der Waals surface area contributed by atoms with E-state index in [0.717, 1.165) is 12.2 Å². The van der Waals surface area contributed by atoms with Gasteiger partial charge in [-0.2, -0.15) is 0 Å². The lowest BCUT2D eigenvalue weighted by atomic mass is 10.0. The van der Waals surface area contributed by atoms with Gasteiger partial charge in [0.2, 0.25) is 5.91 Å². The molecule has 4 nitrogen and oxygen atoms in total. The van der Waals surface area contributed by atoms with E-state index in [-0.39, 0.29) is 12.5 Å². The number of furan rings is 1. The van der Waals surface area contributed by atoms with Crippen molar-refractivity contribution in [3.8, 4) is 0 Å². The summed E-state index contributed by atoms with van der Waals surface area (Å²) in [5.74, 6) is 1.69. The molecule has 1 amide bonds. The molecule has 18 heavy (non-hydrogen) atoms. The van der Waals surface area contributed by atoms with Crippen molar-refractivity contribution in [2.45, 2.75) is 46.1 Å². The van der Waals surface area contributed by atoms with E-state index >= 15 is 0 Å². The lowest BCUT2D eigenvalue weighted by molar-refractivity contribution is -0.122. The van der Waals surface area contributed by atoms with Crippen LogP contribution in [0.1, 0.15) is 45.1 Å². The summed E-state index contributed by atoms with van der Waals surface area (Å²) in [4.78, 5) is 11.6. The van der Waals surface area contributed by atoms with Gasteiger partial charge in [-0.25, -0.2) is 0 Å². The van der Waals surface area contributed by atoms with E-state index in [2.05, 4.69) is 19.2 Å². The number of aliphatic hydroxyl groups is 1. The molecule has 0 aliphatic carbocycles. The second kappa shape index (κ2) is 6.05. The minimum atomic E-state index is -1.16. The van der Waals surface area contributed by atoms with Crippen LogP contribution in [0.4, 0.5) is 0 Å². The highest BCUT2D eigenvalue weighted by molar-refractivity contribution is 5.75. The van der Waals surface area contributed by atoms with Crippen LogP contribution in [0.2, 0.25) is 0 Å². The summed E-state index contributed by atoms with van der Waals surface area (Å²) < 4.78 is 5.38. The highest BCUT2D eigenvalue weighted by Crippen LogP contribution is 2.21. The Morgan fingerprint density at radius 1 is 1.50 bits per heavy atom. The SMILES string of the molecule is Cc1ccc(C(C)(O)CNC(=O)CCC(C)C)o1. The number of amides is 1. The molecule has 0 radical (unpaired) electrons. The minimum absolute atomic E-state index is 0.0350. The van der Waals surface area contributed by atoms with Gasteiger partial charge in [0.1, 0.15) is 17.1 Å². The quantitative estimate of drug-likeness (QED) is 0.818. The van der Waals surface area contributed by atoms with Gasteiger partial charge >= 0.3 is 0 Å².